The third-order valence-corrected chi connectivity index (χ3v) is 1.06. The van der Waals surface area contributed by atoms with Gasteiger partial charge in [0.1, 0.15) is 6.34 Å². The van der Waals surface area contributed by atoms with Gasteiger partial charge in [-0.15, -0.1) is 0 Å². The minimum absolute atomic E-state index is 1.00. The summed E-state index contributed by atoms with van der Waals surface area (Å²) in [5.74, 6) is 0. The molecule has 2 nitrogen and oxygen atoms in total. The molecule has 0 N–H and O–H groups in total. The summed E-state index contributed by atoms with van der Waals surface area (Å²) in [7, 11) is 0. The second-order valence-electron chi connectivity index (χ2n) is 2.01. The quantitative estimate of drug-likeness (QED) is 0.397. The predicted octanol–water partition coefficient (Wildman–Crippen LogP) is 2.03. The first-order chi connectivity index (χ1) is 4.18. The predicted molar refractivity (Wildman–Crippen MR) is 42.1 cm³/mol. The normalized spacial score (nSPS) is 9.67. The van der Waals surface area contributed by atoms with Crippen LogP contribution >= 0.6 is 0 Å². The van der Waals surface area contributed by atoms with E-state index in [1.54, 1.807) is 0 Å². The minimum Gasteiger partial charge on any atom is -0.253 e. The molecule has 50 valence electrons. The van der Waals surface area contributed by atoms with Crippen LogP contribution in [0.2, 0.25) is 0 Å². The van der Waals surface area contributed by atoms with Crippen LogP contribution in [0.5, 0.6) is 0 Å². The van der Waals surface area contributed by atoms with Gasteiger partial charge in [0.25, 0.3) is 0 Å². The van der Waals surface area contributed by atoms with E-state index in [0.29, 0.717) is 0 Å². The van der Waals surface area contributed by atoms with Crippen molar-refractivity contribution in [3.05, 3.63) is 11.3 Å². The van der Waals surface area contributed by atoms with Gasteiger partial charge in [0.2, 0.25) is 0 Å². The smallest absolute Gasteiger partial charge is 0.114 e. The van der Waals surface area contributed by atoms with E-state index in [4.69, 9.17) is 0 Å². The van der Waals surface area contributed by atoms with Crippen LogP contribution in [0.3, 0.4) is 0 Å². The molecule has 0 unspecified atom stereocenters. The first kappa shape index (κ1) is 8.08. The van der Waals surface area contributed by atoms with Gasteiger partial charge in [-0.2, -0.15) is 0 Å². The fraction of sp³-hybridized carbons (Fsp3) is 0.429. The molecule has 0 spiro atoms. The van der Waals surface area contributed by atoms with Gasteiger partial charge in [0.05, 0.1) is 0 Å². The maximum absolute atomic E-state index is 3.97. The van der Waals surface area contributed by atoms with Crippen LogP contribution in [-0.2, 0) is 0 Å². The van der Waals surface area contributed by atoms with E-state index in [-0.39, 0.29) is 0 Å². The number of nitrogens with zero attached hydrogens (tertiary/aromatic N) is 2. The molecule has 2 heteroatoms. The summed E-state index contributed by atoms with van der Waals surface area (Å²) in [6.07, 6.45) is 1.45. The maximum atomic E-state index is 3.97. The van der Waals surface area contributed by atoms with E-state index in [9.17, 15) is 0 Å². The highest BCUT2D eigenvalue weighted by Gasteiger charge is 1.82. The highest BCUT2D eigenvalue weighted by molar-refractivity contribution is 5.63. The fourth-order valence-electron chi connectivity index (χ4n) is 0.257. The molecule has 0 radical (unpaired) electrons. The summed E-state index contributed by atoms with van der Waals surface area (Å²) in [6, 6.07) is 0. The van der Waals surface area contributed by atoms with Crippen LogP contribution < -0.4 is 0 Å². The Hall–Kier alpha value is -0.920. The average molecular weight is 124 g/mol. The summed E-state index contributed by atoms with van der Waals surface area (Å²) in [5, 5.41) is 0. The Bertz CT molecular complexity index is 150. The number of hydrogen-bond donors (Lipinski definition) is 0. The van der Waals surface area contributed by atoms with Crippen molar-refractivity contribution in [3.63, 3.8) is 0 Å². The molecule has 0 aliphatic carbocycles. The molecule has 0 aromatic carbocycles. The highest BCUT2D eigenvalue weighted by Crippen LogP contribution is 2.01. The summed E-state index contributed by atoms with van der Waals surface area (Å²) in [4.78, 5) is 7.45. The van der Waals surface area contributed by atoms with Crippen molar-refractivity contribution in [1.82, 2.24) is 0 Å². The Labute approximate surface area is 56.0 Å². The summed E-state index contributed by atoms with van der Waals surface area (Å²) >= 11 is 0. The van der Waals surface area contributed by atoms with Gasteiger partial charge < -0.3 is 0 Å². The van der Waals surface area contributed by atoms with E-state index in [1.807, 2.05) is 20.8 Å². The zero-order valence-corrected chi connectivity index (χ0v) is 6.18. The zero-order valence-electron chi connectivity index (χ0n) is 6.18. The van der Waals surface area contributed by atoms with E-state index >= 15 is 0 Å². The number of rotatable bonds is 2. The fourth-order valence-corrected chi connectivity index (χ4v) is 0.257. The van der Waals surface area contributed by atoms with Crippen molar-refractivity contribution in [2.45, 2.75) is 20.8 Å². The third kappa shape index (κ3) is 3.64. The summed E-state index contributed by atoms with van der Waals surface area (Å²) in [6.45, 7) is 9.23. The molecular weight excluding hydrogens is 112 g/mol. The SMILES string of the molecule is C=NC=NC(C)=C(C)C. The summed E-state index contributed by atoms with van der Waals surface area (Å²) < 4.78 is 0. The maximum Gasteiger partial charge on any atom is 0.114 e. The van der Waals surface area contributed by atoms with E-state index in [0.717, 1.165) is 5.70 Å². The highest BCUT2D eigenvalue weighted by atomic mass is 14.8. The summed E-state index contributed by atoms with van der Waals surface area (Å²) in [5.41, 5.74) is 2.21. The van der Waals surface area contributed by atoms with Crippen molar-refractivity contribution in [2.75, 3.05) is 0 Å². The lowest BCUT2D eigenvalue weighted by molar-refractivity contribution is 1.19. The molecule has 0 fully saturated rings. The van der Waals surface area contributed by atoms with Gasteiger partial charge in [-0.25, -0.2) is 4.99 Å². The van der Waals surface area contributed by atoms with Crippen molar-refractivity contribution < 1.29 is 0 Å². The largest absolute Gasteiger partial charge is 0.253 e. The van der Waals surface area contributed by atoms with Gasteiger partial charge in [-0.1, -0.05) is 5.57 Å². The number of hydrogen-bond acceptors (Lipinski definition) is 1. The second-order valence-corrected chi connectivity index (χ2v) is 2.01. The number of allylic oxidation sites excluding steroid dienone is 2. The molecule has 0 aromatic rings. The molecule has 9 heavy (non-hydrogen) atoms. The van der Waals surface area contributed by atoms with Gasteiger partial charge in [0, 0.05) is 5.70 Å². The first-order valence-corrected chi connectivity index (χ1v) is 2.81. The standard InChI is InChI=1S/C7H12N2/c1-6(2)7(3)9-5-8-4/h5H,4H2,1-3H3. The molecule has 0 rings (SSSR count). The lowest BCUT2D eigenvalue weighted by Gasteiger charge is -1.91. The molecule has 0 saturated carbocycles. The van der Waals surface area contributed by atoms with Gasteiger partial charge >= 0.3 is 0 Å². The lowest BCUT2D eigenvalue weighted by atomic mass is 10.3. The Balaban J connectivity index is 4.06. The molecule has 0 aliphatic rings. The van der Waals surface area contributed by atoms with E-state index in [2.05, 4.69) is 16.7 Å². The van der Waals surface area contributed by atoms with Crippen molar-refractivity contribution >= 4 is 13.1 Å². The van der Waals surface area contributed by atoms with Crippen LogP contribution in [0.15, 0.2) is 21.3 Å². The van der Waals surface area contributed by atoms with Crippen LogP contribution in [0.1, 0.15) is 20.8 Å². The van der Waals surface area contributed by atoms with Gasteiger partial charge in [0.15, 0.2) is 0 Å². The zero-order chi connectivity index (χ0) is 7.28. The van der Waals surface area contributed by atoms with E-state index in [1.165, 1.54) is 11.9 Å². The van der Waals surface area contributed by atoms with Crippen LogP contribution in [-0.4, -0.2) is 13.1 Å². The molecular formula is C7H12N2. The Morgan fingerprint density at radius 2 is 1.89 bits per heavy atom. The molecule has 0 aromatic heterocycles. The third-order valence-electron chi connectivity index (χ3n) is 1.06. The van der Waals surface area contributed by atoms with Gasteiger partial charge in [-0.3, -0.25) is 4.99 Å². The van der Waals surface area contributed by atoms with Crippen molar-refractivity contribution in [3.8, 4) is 0 Å². The molecule has 0 heterocycles. The van der Waals surface area contributed by atoms with Crippen LogP contribution in [0.25, 0.3) is 0 Å². The Morgan fingerprint density at radius 3 is 2.22 bits per heavy atom. The van der Waals surface area contributed by atoms with Gasteiger partial charge in [-0.05, 0) is 27.5 Å². The molecule has 0 amide bonds. The monoisotopic (exact) mass is 124 g/mol. The number of aliphatic imine (C=N–C) groups is 2. The Kier molecular flexibility index (Phi) is 3.60. The topological polar surface area (TPSA) is 24.7 Å². The van der Waals surface area contributed by atoms with Crippen LogP contribution in [0.4, 0.5) is 0 Å². The second kappa shape index (κ2) is 4.01. The molecule has 0 saturated heterocycles. The van der Waals surface area contributed by atoms with Crippen molar-refractivity contribution in [2.24, 2.45) is 9.98 Å². The van der Waals surface area contributed by atoms with Crippen LogP contribution in [0, 0.1) is 0 Å². The van der Waals surface area contributed by atoms with Crippen molar-refractivity contribution in [1.29, 1.82) is 0 Å². The average Bonchev–Trinajstić information content (AvgIpc) is 1.82. The lowest BCUT2D eigenvalue weighted by Crippen LogP contribution is -1.74. The molecule has 0 atom stereocenters. The van der Waals surface area contributed by atoms with E-state index < -0.39 is 0 Å². The minimum atomic E-state index is 1.00. The molecule has 0 bridgehead atoms. The Morgan fingerprint density at radius 1 is 1.33 bits per heavy atom. The first-order valence-electron chi connectivity index (χ1n) is 2.81. The molecule has 0 aliphatic heterocycles.